The number of ether oxygens (including phenoxy) is 1. The van der Waals surface area contributed by atoms with Crippen molar-refractivity contribution in [1.82, 2.24) is 4.98 Å². The molecule has 0 bridgehead atoms. The summed E-state index contributed by atoms with van der Waals surface area (Å²) in [5.74, 6) is -0.964. The Morgan fingerprint density at radius 1 is 1.12 bits per heavy atom. The number of amides is 3. The number of carbonyl (C=O) groups is 3. The van der Waals surface area contributed by atoms with Crippen molar-refractivity contribution in [2.24, 2.45) is 0 Å². The van der Waals surface area contributed by atoms with Gasteiger partial charge in [0.2, 0.25) is 5.91 Å². The molecule has 11 heteroatoms. The molecule has 0 saturated carbocycles. The fourth-order valence-electron chi connectivity index (χ4n) is 2.73. The molecule has 3 amide bonds. The first kappa shape index (κ1) is 23.9. The Labute approximate surface area is 193 Å². The summed E-state index contributed by atoms with van der Waals surface area (Å²) in [6.45, 7) is 6.80. The van der Waals surface area contributed by atoms with Crippen LogP contribution < -0.4 is 16.0 Å². The Kier molecular flexibility index (Phi) is 7.12. The van der Waals surface area contributed by atoms with Crippen LogP contribution in [0.2, 0.25) is 0 Å². The number of nitrogens with zero attached hydrogens (tertiary/aromatic N) is 1. The van der Waals surface area contributed by atoms with Crippen molar-refractivity contribution in [2.45, 2.75) is 39.7 Å². The van der Waals surface area contributed by atoms with Crippen LogP contribution in [0, 0.1) is 12.7 Å². The van der Waals surface area contributed by atoms with Crippen molar-refractivity contribution in [3.8, 4) is 0 Å². The maximum absolute atomic E-state index is 13.7. The normalized spacial score (nSPS) is 11.1. The number of hydrogen-bond acceptors (Lipinski definition) is 7. The molecule has 174 valence electrons. The van der Waals surface area contributed by atoms with E-state index < -0.39 is 23.4 Å². The van der Waals surface area contributed by atoms with Crippen LogP contribution >= 0.6 is 11.3 Å². The summed E-state index contributed by atoms with van der Waals surface area (Å²) in [5.41, 5.74) is 0.336. The molecule has 2 heterocycles. The van der Waals surface area contributed by atoms with E-state index in [2.05, 4.69) is 20.9 Å². The smallest absolute Gasteiger partial charge is 0.412 e. The molecule has 0 unspecified atom stereocenters. The average molecular weight is 475 g/mol. The molecule has 3 aromatic rings. The molecule has 3 N–H and O–H groups in total. The quantitative estimate of drug-likeness (QED) is 0.464. The number of thiazole rings is 1. The predicted octanol–water partition coefficient (Wildman–Crippen LogP) is 4.96. The SMILES string of the molecule is Cc1occc1C(=O)Nc1nc(CC(=O)Nc2cc(F)ccc2NC(=O)OC(C)(C)C)cs1. The number of aromatic nitrogens is 1. The molecule has 9 nitrogen and oxygen atoms in total. The van der Waals surface area contributed by atoms with Gasteiger partial charge in [-0.05, 0) is 52.0 Å². The maximum atomic E-state index is 13.7. The van der Waals surface area contributed by atoms with Crippen molar-refractivity contribution in [3.05, 3.63) is 58.7 Å². The summed E-state index contributed by atoms with van der Waals surface area (Å²) in [6.07, 6.45) is 0.553. The van der Waals surface area contributed by atoms with Crippen molar-refractivity contribution < 1.29 is 27.9 Å². The van der Waals surface area contributed by atoms with Gasteiger partial charge in [-0.15, -0.1) is 11.3 Å². The van der Waals surface area contributed by atoms with Crippen LogP contribution in [0.15, 0.2) is 40.3 Å². The zero-order valence-electron chi connectivity index (χ0n) is 18.4. The van der Waals surface area contributed by atoms with E-state index in [0.717, 1.165) is 23.5 Å². The Balaban J connectivity index is 1.63. The number of rotatable bonds is 6. The predicted molar refractivity (Wildman–Crippen MR) is 122 cm³/mol. The summed E-state index contributed by atoms with van der Waals surface area (Å²) in [4.78, 5) is 41.0. The van der Waals surface area contributed by atoms with E-state index in [-0.39, 0.29) is 23.7 Å². The minimum Gasteiger partial charge on any atom is -0.469 e. The van der Waals surface area contributed by atoms with Crippen molar-refractivity contribution in [2.75, 3.05) is 16.0 Å². The van der Waals surface area contributed by atoms with Crippen molar-refractivity contribution in [3.63, 3.8) is 0 Å². The summed E-state index contributed by atoms with van der Waals surface area (Å²) in [7, 11) is 0. The lowest BCUT2D eigenvalue weighted by Gasteiger charge is -2.20. The fraction of sp³-hybridized carbons (Fsp3) is 0.273. The Hall–Kier alpha value is -3.73. The number of aryl methyl sites for hydroxylation is 1. The molecule has 0 aliphatic rings. The minimum atomic E-state index is -0.739. The number of anilines is 3. The van der Waals surface area contributed by atoms with Crippen molar-refractivity contribution in [1.29, 1.82) is 0 Å². The third-order valence-corrected chi connectivity index (χ3v) is 4.92. The van der Waals surface area contributed by atoms with Gasteiger partial charge in [-0.3, -0.25) is 20.2 Å². The van der Waals surface area contributed by atoms with E-state index in [0.29, 0.717) is 22.1 Å². The molecule has 1 aromatic carbocycles. The Bertz CT molecular complexity index is 1180. The van der Waals surface area contributed by atoms with E-state index in [1.54, 1.807) is 39.1 Å². The second kappa shape index (κ2) is 9.82. The third-order valence-electron chi connectivity index (χ3n) is 4.11. The van der Waals surface area contributed by atoms with Crippen LogP contribution in [-0.4, -0.2) is 28.5 Å². The number of furan rings is 1. The largest absolute Gasteiger partial charge is 0.469 e. The van der Waals surface area contributed by atoms with Gasteiger partial charge in [-0.2, -0.15) is 0 Å². The molecule has 0 saturated heterocycles. The molecule has 3 rings (SSSR count). The van der Waals surface area contributed by atoms with Gasteiger partial charge in [0.25, 0.3) is 5.91 Å². The third kappa shape index (κ3) is 6.88. The highest BCUT2D eigenvalue weighted by atomic mass is 32.1. The number of carbonyl (C=O) groups excluding carboxylic acids is 3. The first-order valence-corrected chi connectivity index (χ1v) is 10.8. The van der Waals surface area contributed by atoms with Gasteiger partial charge in [0, 0.05) is 5.38 Å². The fourth-order valence-corrected chi connectivity index (χ4v) is 3.44. The first-order chi connectivity index (χ1) is 15.5. The molecule has 0 radical (unpaired) electrons. The highest BCUT2D eigenvalue weighted by Crippen LogP contribution is 2.25. The second-order valence-electron chi connectivity index (χ2n) is 8.03. The molecule has 0 spiro atoms. The lowest BCUT2D eigenvalue weighted by Crippen LogP contribution is -2.27. The minimum absolute atomic E-state index is 0.0741. The van der Waals surface area contributed by atoms with Crippen LogP contribution in [-0.2, 0) is 16.0 Å². The van der Waals surface area contributed by atoms with E-state index in [4.69, 9.17) is 9.15 Å². The molecule has 0 atom stereocenters. The first-order valence-electron chi connectivity index (χ1n) is 9.89. The van der Waals surface area contributed by atoms with Gasteiger partial charge in [0.05, 0.1) is 35.3 Å². The molecular formula is C22H23FN4O5S. The average Bonchev–Trinajstić information content (AvgIpc) is 3.31. The standard InChI is InChI=1S/C22H23FN4O5S/c1-12-15(7-8-31-12)19(29)27-20-24-14(11-33-20)10-18(28)25-17-9-13(23)5-6-16(17)26-21(30)32-22(2,3)4/h5-9,11H,10H2,1-4H3,(H,25,28)(H,26,30)(H,24,27,29). The van der Waals surface area contributed by atoms with Gasteiger partial charge < -0.3 is 14.5 Å². The number of benzene rings is 1. The highest BCUT2D eigenvalue weighted by molar-refractivity contribution is 7.14. The van der Waals surface area contributed by atoms with E-state index in [1.165, 1.54) is 12.3 Å². The van der Waals surface area contributed by atoms with Crippen LogP contribution in [0.4, 0.5) is 25.7 Å². The van der Waals surface area contributed by atoms with Gasteiger partial charge >= 0.3 is 6.09 Å². The zero-order valence-corrected chi connectivity index (χ0v) is 19.3. The molecular weight excluding hydrogens is 451 g/mol. The lowest BCUT2D eigenvalue weighted by atomic mass is 10.2. The van der Waals surface area contributed by atoms with E-state index in [9.17, 15) is 18.8 Å². The summed E-state index contributed by atoms with van der Waals surface area (Å²) in [6, 6.07) is 5.11. The van der Waals surface area contributed by atoms with Crippen LogP contribution in [0.25, 0.3) is 0 Å². The molecule has 33 heavy (non-hydrogen) atoms. The summed E-state index contributed by atoms with van der Waals surface area (Å²) < 4.78 is 24.1. The van der Waals surface area contributed by atoms with Gasteiger partial charge in [0.1, 0.15) is 17.2 Å². The second-order valence-corrected chi connectivity index (χ2v) is 8.89. The number of hydrogen-bond donors (Lipinski definition) is 3. The highest BCUT2D eigenvalue weighted by Gasteiger charge is 2.19. The molecule has 2 aromatic heterocycles. The van der Waals surface area contributed by atoms with Gasteiger partial charge in [-0.1, -0.05) is 0 Å². The molecule has 0 fully saturated rings. The Morgan fingerprint density at radius 2 is 1.88 bits per heavy atom. The lowest BCUT2D eigenvalue weighted by molar-refractivity contribution is -0.115. The van der Waals surface area contributed by atoms with E-state index >= 15 is 0 Å². The zero-order chi connectivity index (χ0) is 24.2. The van der Waals surface area contributed by atoms with Gasteiger partial charge in [0.15, 0.2) is 5.13 Å². The maximum Gasteiger partial charge on any atom is 0.412 e. The van der Waals surface area contributed by atoms with Gasteiger partial charge in [-0.25, -0.2) is 14.2 Å². The van der Waals surface area contributed by atoms with Crippen molar-refractivity contribution >= 4 is 45.8 Å². The number of nitrogens with one attached hydrogen (secondary N) is 3. The monoisotopic (exact) mass is 474 g/mol. The van der Waals surface area contributed by atoms with Crippen LogP contribution in [0.3, 0.4) is 0 Å². The van der Waals surface area contributed by atoms with E-state index in [1.807, 2.05) is 0 Å². The number of halogens is 1. The molecule has 0 aliphatic carbocycles. The van der Waals surface area contributed by atoms with Crippen LogP contribution in [0.5, 0.6) is 0 Å². The Morgan fingerprint density at radius 3 is 2.55 bits per heavy atom. The topological polar surface area (TPSA) is 123 Å². The summed E-state index contributed by atoms with van der Waals surface area (Å²) >= 11 is 1.16. The van der Waals surface area contributed by atoms with Crippen LogP contribution in [0.1, 0.15) is 42.6 Å². The molecule has 0 aliphatic heterocycles. The summed E-state index contributed by atoms with van der Waals surface area (Å²) in [5, 5.41) is 9.66.